The largest absolute Gasteiger partial charge is 0.369 e. The number of rotatable bonds is 2. The maximum Gasteiger partial charge on any atom is 0.201 e. The van der Waals surface area contributed by atoms with Crippen molar-refractivity contribution in [3.63, 3.8) is 0 Å². The van der Waals surface area contributed by atoms with E-state index in [0.717, 1.165) is 17.8 Å². The predicted molar refractivity (Wildman–Crippen MR) is 85.4 cm³/mol. The van der Waals surface area contributed by atoms with Gasteiger partial charge in [0.25, 0.3) is 0 Å². The first kappa shape index (κ1) is 13.6. The van der Waals surface area contributed by atoms with Gasteiger partial charge in [-0.15, -0.1) is 0 Å². The Bertz CT molecular complexity index is 611. The van der Waals surface area contributed by atoms with Crippen LogP contribution in [0.3, 0.4) is 0 Å². The molecule has 1 unspecified atom stereocenters. The Hall–Kier alpha value is -0.400. The molecule has 1 saturated heterocycles. The molecule has 1 fully saturated rings. The zero-order chi connectivity index (χ0) is 13.4. The summed E-state index contributed by atoms with van der Waals surface area (Å²) in [7, 11) is 0. The molecule has 7 heteroatoms. The van der Waals surface area contributed by atoms with Gasteiger partial charge in [0.05, 0.1) is 15.5 Å². The number of hydrogen-bond acceptors (Lipinski definition) is 4. The SMILES string of the molecule is Nc1nc2cc(F)c(Br)cc2n1CC1CSCCS1. The summed E-state index contributed by atoms with van der Waals surface area (Å²) in [4.78, 5) is 4.24. The Morgan fingerprint density at radius 3 is 3.05 bits per heavy atom. The summed E-state index contributed by atoms with van der Waals surface area (Å²) < 4.78 is 15.9. The van der Waals surface area contributed by atoms with Crippen LogP contribution < -0.4 is 5.73 Å². The van der Waals surface area contributed by atoms with Gasteiger partial charge in [0, 0.05) is 35.1 Å². The van der Waals surface area contributed by atoms with Crippen molar-refractivity contribution in [3.8, 4) is 0 Å². The lowest BCUT2D eigenvalue weighted by Crippen LogP contribution is -2.21. The Morgan fingerprint density at radius 2 is 2.32 bits per heavy atom. The maximum absolute atomic E-state index is 13.5. The first-order valence-electron chi connectivity index (χ1n) is 5.95. The number of nitrogens with zero attached hydrogens (tertiary/aromatic N) is 2. The van der Waals surface area contributed by atoms with Gasteiger partial charge < -0.3 is 10.3 Å². The van der Waals surface area contributed by atoms with Gasteiger partial charge in [0.1, 0.15) is 5.82 Å². The molecule has 0 bridgehead atoms. The van der Waals surface area contributed by atoms with Crippen molar-refractivity contribution in [1.82, 2.24) is 9.55 Å². The van der Waals surface area contributed by atoms with Crippen molar-refractivity contribution in [2.75, 3.05) is 23.0 Å². The fraction of sp³-hybridized carbons (Fsp3) is 0.417. The highest BCUT2D eigenvalue weighted by atomic mass is 79.9. The number of nitrogens with two attached hydrogens (primary N) is 1. The maximum atomic E-state index is 13.5. The lowest BCUT2D eigenvalue weighted by Gasteiger charge is -2.22. The Balaban J connectivity index is 1.97. The average Bonchev–Trinajstić information content (AvgIpc) is 2.68. The van der Waals surface area contributed by atoms with Gasteiger partial charge in [0.15, 0.2) is 0 Å². The van der Waals surface area contributed by atoms with Crippen molar-refractivity contribution >= 4 is 56.4 Å². The van der Waals surface area contributed by atoms with E-state index in [2.05, 4.69) is 20.9 Å². The Kier molecular flexibility index (Phi) is 3.96. The van der Waals surface area contributed by atoms with Crippen LogP contribution in [0.5, 0.6) is 0 Å². The molecule has 1 aliphatic heterocycles. The predicted octanol–water partition coefficient (Wildman–Crippen LogP) is 3.37. The fourth-order valence-electron chi connectivity index (χ4n) is 2.18. The molecule has 1 atom stereocenters. The van der Waals surface area contributed by atoms with E-state index in [1.54, 1.807) is 6.07 Å². The highest BCUT2D eigenvalue weighted by Crippen LogP contribution is 2.29. The third kappa shape index (κ3) is 2.73. The van der Waals surface area contributed by atoms with Crippen LogP contribution in [-0.2, 0) is 6.54 Å². The molecule has 1 aromatic carbocycles. The minimum atomic E-state index is -0.306. The minimum absolute atomic E-state index is 0.306. The average molecular weight is 362 g/mol. The van der Waals surface area contributed by atoms with E-state index in [1.807, 2.05) is 28.1 Å². The van der Waals surface area contributed by atoms with E-state index in [-0.39, 0.29) is 5.82 Å². The van der Waals surface area contributed by atoms with Gasteiger partial charge in [-0.1, -0.05) is 0 Å². The zero-order valence-electron chi connectivity index (χ0n) is 10.1. The van der Waals surface area contributed by atoms with Gasteiger partial charge >= 0.3 is 0 Å². The third-order valence-corrected chi connectivity index (χ3v) is 6.53. The van der Waals surface area contributed by atoms with Crippen molar-refractivity contribution in [1.29, 1.82) is 0 Å². The number of fused-ring (bicyclic) bond motifs is 1. The summed E-state index contributed by atoms with van der Waals surface area (Å²) in [6, 6.07) is 3.18. The Labute approximate surface area is 127 Å². The monoisotopic (exact) mass is 361 g/mol. The molecule has 19 heavy (non-hydrogen) atoms. The standard InChI is InChI=1S/C12H13BrFN3S2/c13-8-3-11-10(4-9(8)14)16-12(15)17(11)5-7-6-18-1-2-19-7/h3-4,7H,1-2,5-6H2,(H2,15,16). The first-order chi connectivity index (χ1) is 9.15. The van der Waals surface area contributed by atoms with E-state index < -0.39 is 0 Å². The van der Waals surface area contributed by atoms with E-state index in [4.69, 9.17) is 5.73 Å². The molecule has 0 spiro atoms. The quantitative estimate of drug-likeness (QED) is 0.890. The second-order valence-corrected chi connectivity index (χ2v) is 7.82. The number of anilines is 1. The van der Waals surface area contributed by atoms with Crippen LogP contribution in [0.2, 0.25) is 0 Å². The van der Waals surface area contributed by atoms with Crippen LogP contribution in [-0.4, -0.2) is 32.1 Å². The zero-order valence-corrected chi connectivity index (χ0v) is 13.3. The summed E-state index contributed by atoms with van der Waals surface area (Å²) in [5.74, 6) is 3.69. The molecule has 2 heterocycles. The number of benzene rings is 1. The summed E-state index contributed by atoms with van der Waals surface area (Å²) in [6.07, 6.45) is 0. The van der Waals surface area contributed by atoms with Crippen LogP contribution in [0.15, 0.2) is 16.6 Å². The van der Waals surface area contributed by atoms with Gasteiger partial charge in [-0.05, 0) is 22.0 Å². The second-order valence-electron chi connectivity index (χ2n) is 4.40. The lowest BCUT2D eigenvalue weighted by molar-refractivity contribution is 0.622. The topological polar surface area (TPSA) is 43.8 Å². The van der Waals surface area contributed by atoms with Crippen molar-refractivity contribution in [3.05, 3.63) is 22.4 Å². The molecule has 3 rings (SSSR count). The fourth-order valence-corrected chi connectivity index (χ4v) is 5.16. The van der Waals surface area contributed by atoms with Crippen LogP contribution in [0.25, 0.3) is 11.0 Å². The van der Waals surface area contributed by atoms with Crippen molar-refractivity contribution < 1.29 is 4.39 Å². The van der Waals surface area contributed by atoms with E-state index in [1.165, 1.54) is 17.6 Å². The second kappa shape index (κ2) is 5.54. The smallest absolute Gasteiger partial charge is 0.201 e. The van der Waals surface area contributed by atoms with Gasteiger partial charge in [0.2, 0.25) is 5.95 Å². The van der Waals surface area contributed by atoms with Crippen molar-refractivity contribution in [2.45, 2.75) is 11.8 Å². The highest BCUT2D eigenvalue weighted by Gasteiger charge is 2.18. The number of nitrogen functional groups attached to an aromatic ring is 1. The normalized spacial score (nSPS) is 20.0. The summed E-state index contributed by atoms with van der Waals surface area (Å²) in [6.45, 7) is 0.831. The molecule has 3 nitrogen and oxygen atoms in total. The van der Waals surface area contributed by atoms with Gasteiger partial charge in [-0.3, -0.25) is 0 Å². The van der Waals surface area contributed by atoms with Crippen LogP contribution >= 0.6 is 39.5 Å². The summed E-state index contributed by atoms with van der Waals surface area (Å²) in [5, 5.41) is 0.544. The van der Waals surface area contributed by atoms with E-state index in [0.29, 0.717) is 21.2 Å². The van der Waals surface area contributed by atoms with E-state index in [9.17, 15) is 4.39 Å². The molecule has 0 aliphatic carbocycles. The third-order valence-electron chi connectivity index (χ3n) is 3.09. The molecule has 1 aromatic heterocycles. The molecule has 2 aromatic rings. The van der Waals surface area contributed by atoms with Crippen LogP contribution in [0.4, 0.5) is 10.3 Å². The van der Waals surface area contributed by atoms with Gasteiger partial charge in [-0.2, -0.15) is 23.5 Å². The number of imidazole rings is 1. The minimum Gasteiger partial charge on any atom is -0.369 e. The van der Waals surface area contributed by atoms with Gasteiger partial charge in [-0.25, -0.2) is 9.37 Å². The van der Waals surface area contributed by atoms with Crippen LogP contribution in [0, 0.1) is 5.82 Å². The highest BCUT2D eigenvalue weighted by molar-refractivity contribution is 9.10. The number of aromatic nitrogens is 2. The molecular weight excluding hydrogens is 349 g/mol. The molecular formula is C12H13BrFN3S2. The van der Waals surface area contributed by atoms with E-state index >= 15 is 0 Å². The number of thioether (sulfide) groups is 2. The number of hydrogen-bond donors (Lipinski definition) is 1. The molecule has 1 aliphatic rings. The lowest BCUT2D eigenvalue weighted by atomic mass is 10.3. The van der Waals surface area contributed by atoms with Crippen LogP contribution in [0.1, 0.15) is 0 Å². The first-order valence-corrected chi connectivity index (χ1v) is 8.95. The molecule has 0 radical (unpaired) electrons. The molecule has 2 N–H and O–H groups in total. The summed E-state index contributed by atoms with van der Waals surface area (Å²) >= 11 is 7.17. The molecule has 0 amide bonds. The summed E-state index contributed by atoms with van der Waals surface area (Å²) in [5.41, 5.74) is 7.48. The molecule has 102 valence electrons. The Morgan fingerprint density at radius 1 is 1.47 bits per heavy atom. The van der Waals surface area contributed by atoms with Crippen molar-refractivity contribution in [2.24, 2.45) is 0 Å². The molecule has 0 saturated carbocycles. The number of halogens is 2.